The van der Waals surface area contributed by atoms with E-state index in [1.807, 2.05) is 7.05 Å². The average Bonchev–Trinajstić information content (AvgIpc) is 2.44. The van der Waals surface area contributed by atoms with E-state index in [-0.39, 0.29) is 12.4 Å². The number of nitrogens with zero attached hydrogens (tertiary/aromatic N) is 1. The van der Waals surface area contributed by atoms with Gasteiger partial charge >= 0.3 is 0 Å². The molecule has 1 amide bonds. The van der Waals surface area contributed by atoms with Gasteiger partial charge in [0.15, 0.2) is 0 Å². The van der Waals surface area contributed by atoms with Crippen LogP contribution in [0.15, 0.2) is 0 Å². The molecule has 0 aromatic carbocycles. The van der Waals surface area contributed by atoms with Crippen LogP contribution in [-0.4, -0.2) is 37.5 Å². The summed E-state index contributed by atoms with van der Waals surface area (Å²) in [5.74, 6) is 1.75. The number of carbonyl (C=O) groups excluding carboxylic acids is 1. The minimum absolute atomic E-state index is 0. The lowest BCUT2D eigenvalue weighted by atomic mass is 9.93. The van der Waals surface area contributed by atoms with Crippen molar-refractivity contribution in [3.63, 3.8) is 0 Å². The molecule has 1 fully saturated rings. The van der Waals surface area contributed by atoms with Crippen LogP contribution in [0.4, 0.5) is 0 Å². The highest BCUT2D eigenvalue weighted by Gasteiger charge is 2.23. The smallest absolute Gasteiger partial charge is 0.222 e. The summed E-state index contributed by atoms with van der Waals surface area (Å²) in [5, 5.41) is 3.24. The van der Waals surface area contributed by atoms with E-state index in [1.165, 1.54) is 32.1 Å². The second-order valence-corrected chi connectivity index (χ2v) is 6.00. The third kappa shape index (κ3) is 6.94. The largest absolute Gasteiger partial charge is 0.343 e. The molecule has 1 unspecified atom stereocenters. The standard InChI is InChI=1S/C16H32N2O.ClH/c1-4-6-7-14(5-2)12-16(19)18-10-8-15(9-11-18)13-17-3;/h14-15,17H,4-13H2,1-3H3;1H. The first-order chi connectivity index (χ1) is 9.21. The van der Waals surface area contributed by atoms with Crippen molar-refractivity contribution in [3.05, 3.63) is 0 Å². The van der Waals surface area contributed by atoms with E-state index in [1.54, 1.807) is 0 Å². The molecule has 1 atom stereocenters. The molecule has 1 rings (SSSR count). The Kier molecular flexibility index (Phi) is 11.2. The molecular weight excluding hydrogens is 272 g/mol. The van der Waals surface area contributed by atoms with Gasteiger partial charge in [0.25, 0.3) is 0 Å². The molecule has 0 radical (unpaired) electrons. The molecule has 1 aliphatic rings. The Morgan fingerprint density at radius 3 is 2.45 bits per heavy atom. The molecule has 3 nitrogen and oxygen atoms in total. The predicted octanol–water partition coefficient (Wildman–Crippen LogP) is 3.47. The lowest BCUT2D eigenvalue weighted by molar-refractivity contribution is -0.133. The van der Waals surface area contributed by atoms with Gasteiger partial charge in [0, 0.05) is 19.5 Å². The number of halogens is 1. The van der Waals surface area contributed by atoms with Gasteiger partial charge in [0.2, 0.25) is 5.91 Å². The third-order valence-corrected chi connectivity index (χ3v) is 4.47. The summed E-state index contributed by atoms with van der Waals surface area (Å²) in [6.45, 7) is 7.47. The van der Waals surface area contributed by atoms with Gasteiger partial charge in [-0.1, -0.05) is 33.1 Å². The molecule has 1 heterocycles. The first-order valence-electron chi connectivity index (χ1n) is 8.13. The number of amides is 1. The maximum Gasteiger partial charge on any atom is 0.222 e. The van der Waals surface area contributed by atoms with Gasteiger partial charge in [-0.15, -0.1) is 12.4 Å². The fourth-order valence-electron chi connectivity index (χ4n) is 2.99. The van der Waals surface area contributed by atoms with Crippen LogP contribution in [0.3, 0.4) is 0 Å². The van der Waals surface area contributed by atoms with Crippen LogP contribution >= 0.6 is 12.4 Å². The number of rotatable bonds is 8. The van der Waals surface area contributed by atoms with Crippen LogP contribution in [-0.2, 0) is 4.79 Å². The van der Waals surface area contributed by atoms with E-state index in [4.69, 9.17) is 0 Å². The lowest BCUT2D eigenvalue weighted by Crippen LogP contribution is -2.41. The third-order valence-electron chi connectivity index (χ3n) is 4.47. The predicted molar refractivity (Wildman–Crippen MR) is 88.4 cm³/mol. The van der Waals surface area contributed by atoms with Crippen LogP contribution in [0.25, 0.3) is 0 Å². The van der Waals surface area contributed by atoms with Crippen molar-refractivity contribution >= 4 is 18.3 Å². The van der Waals surface area contributed by atoms with Gasteiger partial charge in [-0.05, 0) is 44.7 Å². The van der Waals surface area contributed by atoms with E-state index in [2.05, 4.69) is 24.1 Å². The summed E-state index contributed by atoms with van der Waals surface area (Å²) in [6.07, 6.45) is 7.96. The van der Waals surface area contributed by atoms with Gasteiger partial charge in [0.1, 0.15) is 0 Å². The number of hydrogen-bond donors (Lipinski definition) is 1. The van der Waals surface area contributed by atoms with Gasteiger partial charge in [-0.3, -0.25) is 4.79 Å². The topological polar surface area (TPSA) is 32.3 Å². The highest BCUT2D eigenvalue weighted by Crippen LogP contribution is 2.21. The first kappa shape index (κ1) is 19.7. The summed E-state index contributed by atoms with van der Waals surface area (Å²) < 4.78 is 0. The Balaban J connectivity index is 0.00000361. The molecule has 0 bridgehead atoms. The minimum atomic E-state index is 0. The maximum atomic E-state index is 12.3. The first-order valence-corrected chi connectivity index (χ1v) is 8.13. The maximum absolute atomic E-state index is 12.3. The average molecular weight is 305 g/mol. The van der Waals surface area contributed by atoms with Crippen LogP contribution in [0.5, 0.6) is 0 Å². The molecule has 4 heteroatoms. The van der Waals surface area contributed by atoms with Crippen molar-refractivity contribution < 1.29 is 4.79 Å². The van der Waals surface area contributed by atoms with Crippen molar-refractivity contribution in [3.8, 4) is 0 Å². The van der Waals surface area contributed by atoms with E-state index >= 15 is 0 Å². The van der Waals surface area contributed by atoms with Crippen molar-refractivity contribution in [2.24, 2.45) is 11.8 Å². The van der Waals surface area contributed by atoms with E-state index in [0.717, 1.165) is 38.4 Å². The molecule has 0 aliphatic carbocycles. The van der Waals surface area contributed by atoms with Crippen LogP contribution in [0.2, 0.25) is 0 Å². The van der Waals surface area contributed by atoms with Crippen molar-refractivity contribution in [1.82, 2.24) is 10.2 Å². The quantitative estimate of drug-likeness (QED) is 0.744. The molecule has 1 N–H and O–H groups in total. The van der Waals surface area contributed by atoms with Gasteiger partial charge in [0.05, 0.1) is 0 Å². The highest BCUT2D eigenvalue weighted by molar-refractivity contribution is 5.85. The minimum Gasteiger partial charge on any atom is -0.343 e. The number of hydrogen-bond acceptors (Lipinski definition) is 2. The lowest BCUT2D eigenvalue weighted by Gasteiger charge is -2.33. The van der Waals surface area contributed by atoms with E-state index in [9.17, 15) is 4.79 Å². The summed E-state index contributed by atoms with van der Waals surface area (Å²) in [6, 6.07) is 0. The molecule has 120 valence electrons. The van der Waals surface area contributed by atoms with E-state index in [0.29, 0.717) is 11.8 Å². The van der Waals surface area contributed by atoms with Gasteiger partial charge < -0.3 is 10.2 Å². The molecule has 0 aromatic rings. The summed E-state index contributed by atoms with van der Waals surface area (Å²) in [5.41, 5.74) is 0. The zero-order valence-electron chi connectivity index (χ0n) is 13.5. The van der Waals surface area contributed by atoms with Crippen LogP contribution in [0.1, 0.15) is 58.8 Å². The normalized spacial score (nSPS) is 17.6. The number of nitrogens with one attached hydrogen (secondary N) is 1. The van der Waals surface area contributed by atoms with Crippen LogP contribution in [0, 0.1) is 11.8 Å². The SMILES string of the molecule is CCCCC(CC)CC(=O)N1CCC(CNC)CC1.Cl. The second kappa shape index (κ2) is 11.4. The highest BCUT2D eigenvalue weighted by atomic mass is 35.5. The van der Waals surface area contributed by atoms with Gasteiger partial charge in [-0.2, -0.15) is 0 Å². The monoisotopic (exact) mass is 304 g/mol. The number of piperidine rings is 1. The summed E-state index contributed by atoms with van der Waals surface area (Å²) in [7, 11) is 2.01. The second-order valence-electron chi connectivity index (χ2n) is 6.00. The van der Waals surface area contributed by atoms with Crippen LogP contribution < -0.4 is 5.32 Å². The fraction of sp³-hybridized carbons (Fsp3) is 0.938. The van der Waals surface area contributed by atoms with Crippen molar-refractivity contribution in [2.75, 3.05) is 26.7 Å². The molecule has 20 heavy (non-hydrogen) atoms. The fourth-order valence-corrected chi connectivity index (χ4v) is 2.99. The van der Waals surface area contributed by atoms with Crippen molar-refractivity contribution in [1.29, 1.82) is 0 Å². The summed E-state index contributed by atoms with van der Waals surface area (Å²) in [4.78, 5) is 14.4. The molecule has 0 spiro atoms. The molecular formula is C16H33ClN2O. The Morgan fingerprint density at radius 2 is 1.95 bits per heavy atom. The van der Waals surface area contributed by atoms with E-state index < -0.39 is 0 Å². The number of likely N-dealkylation sites (tertiary alicyclic amines) is 1. The zero-order chi connectivity index (χ0) is 14.1. The molecule has 1 aliphatic heterocycles. The Hall–Kier alpha value is -0.280. The molecule has 1 saturated heterocycles. The Bertz CT molecular complexity index is 253. The molecule has 0 saturated carbocycles. The summed E-state index contributed by atoms with van der Waals surface area (Å²) >= 11 is 0. The van der Waals surface area contributed by atoms with Crippen molar-refractivity contribution in [2.45, 2.75) is 58.8 Å². The Labute approximate surface area is 131 Å². The molecule has 0 aromatic heterocycles. The number of carbonyl (C=O) groups is 1. The number of unbranched alkanes of at least 4 members (excludes halogenated alkanes) is 1. The zero-order valence-corrected chi connectivity index (χ0v) is 14.3. The Morgan fingerprint density at radius 1 is 1.30 bits per heavy atom. The van der Waals surface area contributed by atoms with Gasteiger partial charge in [-0.25, -0.2) is 0 Å².